The van der Waals surface area contributed by atoms with Crippen molar-refractivity contribution in [1.82, 2.24) is 5.32 Å². The summed E-state index contributed by atoms with van der Waals surface area (Å²) in [7, 11) is 0. The molecule has 5 nitrogen and oxygen atoms in total. The van der Waals surface area contributed by atoms with Crippen molar-refractivity contribution in [3.8, 4) is 0 Å². The maximum Gasteiger partial charge on any atom is 0.337 e. The molecule has 23 heavy (non-hydrogen) atoms. The monoisotopic (exact) mass is 374 g/mol. The van der Waals surface area contributed by atoms with Gasteiger partial charge in [-0.2, -0.15) is 0 Å². The van der Waals surface area contributed by atoms with Crippen molar-refractivity contribution in [2.45, 2.75) is 32.1 Å². The van der Waals surface area contributed by atoms with E-state index in [1.807, 2.05) is 0 Å². The molecule has 0 heterocycles. The summed E-state index contributed by atoms with van der Waals surface area (Å²) in [5, 5.41) is 14.9. The van der Waals surface area contributed by atoms with Crippen molar-refractivity contribution in [2.75, 3.05) is 5.32 Å². The SMILES string of the molecule is O=C(O)c1cc(Cl)cc(Cl)c1NC(=S)NC(=O)C1CCCCC1. The van der Waals surface area contributed by atoms with Crippen molar-refractivity contribution in [2.24, 2.45) is 5.92 Å². The van der Waals surface area contributed by atoms with E-state index in [0.717, 1.165) is 32.1 Å². The maximum atomic E-state index is 12.1. The Kier molecular flexibility index (Phi) is 6.21. The number of halogens is 2. The Morgan fingerprint density at radius 3 is 2.43 bits per heavy atom. The van der Waals surface area contributed by atoms with Gasteiger partial charge in [0.25, 0.3) is 0 Å². The van der Waals surface area contributed by atoms with Crippen LogP contribution in [-0.4, -0.2) is 22.1 Å². The standard InChI is InChI=1S/C15H16Cl2N2O3S/c16-9-6-10(14(21)22)12(11(17)7-9)18-15(23)19-13(20)8-4-2-1-3-5-8/h6-8H,1-5H2,(H,21,22)(H2,18,19,20,23). The van der Waals surface area contributed by atoms with Gasteiger partial charge in [0, 0.05) is 10.9 Å². The number of carboxylic acid groups (broad SMARTS) is 1. The topological polar surface area (TPSA) is 78.4 Å². The molecule has 1 aliphatic rings. The van der Waals surface area contributed by atoms with Gasteiger partial charge in [0.15, 0.2) is 5.11 Å². The predicted molar refractivity (Wildman–Crippen MR) is 94.4 cm³/mol. The molecule has 0 unspecified atom stereocenters. The fraction of sp³-hybridized carbons (Fsp3) is 0.400. The molecule has 124 valence electrons. The third-order valence-corrected chi connectivity index (χ3v) is 4.46. The molecule has 2 rings (SSSR count). The second kappa shape index (κ2) is 7.95. The van der Waals surface area contributed by atoms with Gasteiger partial charge < -0.3 is 15.7 Å². The molecular weight excluding hydrogens is 359 g/mol. The van der Waals surface area contributed by atoms with Crippen LogP contribution in [0, 0.1) is 5.92 Å². The van der Waals surface area contributed by atoms with Crippen molar-refractivity contribution in [3.05, 3.63) is 27.7 Å². The molecule has 0 aromatic heterocycles. The number of hydrogen-bond acceptors (Lipinski definition) is 3. The summed E-state index contributed by atoms with van der Waals surface area (Å²) in [5.41, 5.74) is -0.00530. The summed E-state index contributed by atoms with van der Waals surface area (Å²) in [6, 6.07) is 2.67. The fourth-order valence-electron chi connectivity index (χ4n) is 2.59. The number of hydrogen-bond donors (Lipinski definition) is 3. The number of nitrogens with one attached hydrogen (secondary N) is 2. The molecule has 1 fully saturated rings. The minimum absolute atomic E-state index is 0.0206. The van der Waals surface area contributed by atoms with Gasteiger partial charge in [-0.15, -0.1) is 0 Å². The Labute approximate surface area is 149 Å². The molecule has 0 radical (unpaired) electrons. The average Bonchev–Trinajstić information content (AvgIpc) is 2.50. The van der Waals surface area contributed by atoms with Gasteiger partial charge >= 0.3 is 5.97 Å². The van der Waals surface area contributed by atoms with Crippen LogP contribution in [0.5, 0.6) is 0 Å². The number of rotatable bonds is 3. The number of thiocarbonyl (C=S) groups is 1. The smallest absolute Gasteiger partial charge is 0.337 e. The second-order valence-electron chi connectivity index (χ2n) is 5.39. The Hall–Kier alpha value is -1.37. The predicted octanol–water partition coefficient (Wildman–Crippen LogP) is 4.08. The van der Waals surface area contributed by atoms with E-state index in [9.17, 15) is 14.7 Å². The lowest BCUT2D eigenvalue weighted by molar-refractivity contribution is -0.124. The Balaban J connectivity index is 2.08. The van der Waals surface area contributed by atoms with Crippen LogP contribution in [0.3, 0.4) is 0 Å². The van der Waals surface area contributed by atoms with Crippen molar-refractivity contribution >= 4 is 58.1 Å². The van der Waals surface area contributed by atoms with Crippen LogP contribution in [0.15, 0.2) is 12.1 Å². The lowest BCUT2D eigenvalue weighted by Crippen LogP contribution is -2.39. The van der Waals surface area contributed by atoms with E-state index in [1.165, 1.54) is 12.1 Å². The number of anilines is 1. The second-order valence-corrected chi connectivity index (χ2v) is 6.65. The molecule has 1 aliphatic carbocycles. The summed E-state index contributed by atoms with van der Waals surface area (Å²) < 4.78 is 0. The van der Waals surface area contributed by atoms with Gasteiger partial charge in [0.05, 0.1) is 16.3 Å². The van der Waals surface area contributed by atoms with Crippen molar-refractivity contribution in [3.63, 3.8) is 0 Å². The summed E-state index contributed by atoms with van der Waals surface area (Å²) in [4.78, 5) is 23.4. The van der Waals surface area contributed by atoms with E-state index in [2.05, 4.69) is 10.6 Å². The molecular formula is C15H16Cl2N2O3S. The molecule has 3 N–H and O–H groups in total. The number of amides is 1. The van der Waals surface area contributed by atoms with Gasteiger partial charge in [0.1, 0.15) is 0 Å². The Morgan fingerprint density at radius 2 is 1.83 bits per heavy atom. The van der Waals surface area contributed by atoms with Gasteiger partial charge in [0.2, 0.25) is 5.91 Å². The van der Waals surface area contributed by atoms with Crippen molar-refractivity contribution in [1.29, 1.82) is 0 Å². The zero-order chi connectivity index (χ0) is 17.0. The van der Waals surface area contributed by atoms with Crippen LogP contribution < -0.4 is 10.6 Å². The number of aromatic carboxylic acids is 1. The molecule has 1 aromatic rings. The molecule has 1 saturated carbocycles. The third-order valence-electron chi connectivity index (χ3n) is 3.74. The largest absolute Gasteiger partial charge is 0.478 e. The molecule has 0 bridgehead atoms. The number of carbonyl (C=O) groups is 2. The minimum Gasteiger partial charge on any atom is -0.478 e. The highest BCUT2D eigenvalue weighted by Gasteiger charge is 2.22. The summed E-state index contributed by atoms with van der Waals surface area (Å²) in [6.45, 7) is 0. The fourth-order valence-corrected chi connectivity index (χ4v) is 3.34. The first-order valence-corrected chi connectivity index (χ1v) is 8.39. The van der Waals surface area contributed by atoms with E-state index in [4.69, 9.17) is 35.4 Å². The zero-order valence-corrected chi connectivity index (χ0v) is 14.5. The van der Waals surface area contributed by atoms with E-state index >= 15 is 0 Å². The number of carbonyl (C=O) groups excluding carboxylic acids is 1. The molecule has 0 atom stereocenters. The number of benzene rings is 1. The van der Waals surface area contributed by atoms with Crippen LogP contribution in [0.1, 0.15) is 42.5 Å². The molecule has 8 heteroatoms. The number of carboxylic acids is 1. The van der Waals surface area contributed by atoms with Crippen LogP contribution in [0.2, 0.25) is 10.0 Å². The normalized spacial score (nSPS) is 15.0. The molecule has 0 aliphatic heterocycles. The lowest BCUT2D eigenvalue weighted by atomic mass is 9.89. The van der Waals surface area contributed by atoms with Gasteiger partial charge in [-0.05, 0) is 37.2 Å². The molecule has 1 amide bonds. The third kappa shape index (κ3) is 4.80. The van der Waals surface area contributed by atoms with E-state index in [1.54, 1.807) is 0 Å². The summed E-state index contributed by atoms with van der Waals surface area (Å²) >= 11 is 16.9. The van der Waals surface area contributed by atoms with E-state index in [0.29, 0.717) is 0 Å². The van der Waals surface area contributed by atoms with Gasteiger partial charge in [-0.3, -0.25) is 4.79 Å². The van der Waals surface area contributed by atoms with E-state index < -0.39 is 5.97 Å². The first kappa shape index (κ1) is 18.0. The molecule has 0 saturated heterocycles. The minimum atomic E-state index is -1.20. The Morgan fingerprint density at radius 1 is 1.17 bits per heavy atom. The van der Waals surface area contributed by atoms with Crippen molar-refractivity contribution < 1.29 is 14.7 Å². The Bertz CT molecular complexity index is 646. The lowest BCUT2D eigenvalue weighted by Gasteiger charge is -2.21. The zero-order valence-electron chi connectivity index (χ0n) is 12.2. The summed E-state index contributed by atoms with van der Waals surface area (Å²) in [6.07, 6.45) is 4.90. The van der Waals surface area contributed by atoms with E-state index in [-0.39, 0.29) is 38.2 Å². The first-order chi connectivity index (χ1) is 10.9. The van der Waals surface area contributed by atoms with Crippen LogP contribution in [0.25, 0.3) is 0 Å². The van der Waals surface area contributed by atoms with Crippen LogP contribution in [0.4, 0.5) is 5.69 Å². The quantitative estimate of drug-likeness (QED) is 0.694. The van der Waals surface area contributed by atoms with Crippen LogP contribution >= 0.6 is 35.4 Å². The highest BCUT2D eigenvalue weighted by atomic mass is 35.5. The average molecular weight is 375 g/mol. The molecule has 1 aromatic carbocycles. The summed E-state index contributed by atoms with van der Waals surface area (Å²) in [5.74, 6) is -1.40. The highest BCUT2D eigenvalue weighted by molar-refractivity contribution is 7.80. The van der Waals surface area contributed by atoms with Gasteiger partial charge in [-0.1, -0.05) is 42.5 Å². The highest BCUT2D eigenvalue weighted by Crippen LogP contribution is 2.30. The molecule has 0 spiro atoms. The first-order valence-electron chi connectivity index (χ1n) is 7.22. The van der Waals surface area contributed by atoms with Crippen LogP contribution in [-0.2, 0) is 4.79 Å². The van der Waals surface area contributed by atoms with Gasteiger partial charge in [-0.25, -0.2) is 4.79 Å². The maximum absolute atomic E-state index is 12.1.